The van der Waals surface area contributed by atoms with E-state index in [-0.39, 0.29) is 6.10 Å². The van der Waals surface area contributed by atoms with Crippen LogP contribution in [0.3, 0.4) is 0 Å². The van der Waals surface area contributed by atoms with Crippen molar-refractivity contribution >= 4 is 5.69 Å². The van der Waals surface area contributed by atoms with Gasteiger partial charge in [-0.2, -0.15) is 0 Å². The van der Waals surface area contributed by atoms with Crippen molar-refractivity contribution in [3.63, 3.8) is 0 Å². The first kappa shape index (κ1) is 11.0. The summed E-state index contributed by atoms with van der Waals surface area (Å²) in [6, 6.07) is 10.2. The molecule has 0 bridgehead atoms. The molecular weight excluding hydrogens is 176 g/mol. The average molecular weight is 194 g/mol. The van der Waals surface area contributed by atoms with Crippen molar-refractivity contribution in [3.8, 4) is 0 Å². The van der Waals surface area contributed by atoms with E-state index in [0.29, 0.717) is 6.54 Å². The van der Waals surface area contributed by atoms with Gasteiger partial charge >= 0.3 is 0 Å². The van der Waals surface area contributed by atoms with E-state index in [4.69, 9.17) is 10.5 Å². The lowest BCUT2D eigenvalue weighted by molar-refractivity contribution is 0.115. The van der Waals surface area contributed by atoms with Crippen LogP contribution in [0, 0.1) is 0 Å². The maximum absolute atomic E-state index is 5.56. The van der Waals surface area contributed by atoms with Crippen LogP contribution in [0.1, 0.15) is 0 Å². The number of anilines is 1. The first-order valence-electron chi connectivity index (χ1n) is 4.77. The minimum absolute atomic E-state index is 0.0974. The van der Waals surface area contributed by atoms with Crippen LogP contribution in [0.15, 0.2) is 30.3 Å². The first-order chi connectivity index (χ1) is 6.77. The summed E-state index contributed by atoms with van der Waals surface area (Å²) < 4.78 is 5.22. The fourth-order valence-corrected chi connectivity index (χ4v) is 1.34. The fourth-order valence-electron chi connectivity index (χ4n) is 1.34. The van der Waals surface area contributed by atoms with Crippen LogP contribution >= 0.6 is 0 Å². The minimum atomic E-state index is 0.0974. The molecule has 14 heavy (non-hydrogen) atoms. The predicted molar refractivity (Wildman–Crippen MR) is 59.6 cm³/mol. The Morgan fingerprint density at radius 2 is 2.00 bits per heavy atom. The molecule has 0 fully saturated rings. The van der Waals surface area contributed by atoms with Crippen molar-refractivity contribution in [2.45, 2.75) is 6.10 Å². The standard InChI is InChI=1S/C11H18N2O/c1-13(9-11(8-12)14-2)10-6-4-3-5-7-10/h3-7,11H,8-9,12H2,1-2H3. The van der Waals surface area contributed by atoms with Crippen molar-refractivity contribution in [1.82, 2.24) is 0 Å². The van der Waals surface area contributed by atoms with Crippen molar-refractivity contribution in [2.75, 3.05) is 32.1 Å². The lowest BCUT2D eigenvalue weighted by Crippen LogP contribution is -2.35. The van der Waals surface area contributed by atoms with E-state index >= 15 is 0 Å². The van der Waals surface area contributed by atoms with Crippen molar-refractivity contribution in [2.24, 2.45) is 5.73 Å². The number of ether oxygens (including phenoxy) is 1. The summed E-state index contributed by atoms with van der Waals surface area (Å²) in [5, 5.41) is 0. The Morgan fingerprint density at radius 1 is 1.36 bits per heavy atom. The molecule has 0 aromatic heterocycles. The Morgan fingerprint density at radius 3 is 2.50 bits per heavy atom. The summed E-state index contributed by atoms with van der Waals surface area (Å²) in [6.45, 7) is 1.37. The largest absolute Gasteiger partial charge is 0.378 e. The Hall–Kier alpha value is -1.06. The molecule has 0 aliphatic rings. The van der Waals surface area contributed by atoms with Gasteiger partial charge in [0.25, 0.3) is 0 Å². The van der Waals surface area contributed by atoms with Gasteiger partial charge in [-0.1, -0.05) is 18.2 Å². The predicted octanol–water partition coefficient (Wildman–Crippen LogP) is 1.10. The van der Waals surface area contributed by atoms with Gasteiger partial charge in [-0.05, 0) is 12.1 Å². The molecule has 0 saturated carbocycles. The van der Waals surface area contributed by atoms with E-state index in [1.54, 1.807) is 7.11 Å². The summed E-state index contributed by atoms with van der Waals surface area (Å²) in [7, 11) is 3.73. The van der Waals surface area contributed by atoms with Gasteiger partial charge in [0, 0.05) is 32.9 Å². The molecule has 1 unspecified atom stereocenters. The van der Waals surface area contributed by atoms with Crippen LogP contribution in [0.2, 0.25) is 0 Å². The van der Waals surface area contributed by atoms with E-state index in [1.807, 2.05) is 25.2 Å². The van der Waals surface area contributed by atoms with Crippen molar-refractivity contribution in [3.05, 3.63) is 30.3 Å². The number of rotatable bonds is 5. The molecule has 0 radical (unpaired) electrons. The van der Waals surface area contributed by atoms with Gasteiger partial charge in [-0.3, -0.25) is 0 Å². The van der Waals surface area contributed by atoms with Crippen LogP contribution in [0.25, 0.3) is 0 Å². The molecule has 0 saturated heterocycles. The second kappa shape index (κ2) is 5.62. The van der Waals surface area contributed by atoms with Gasteiger partial charge in [0.1, 0.15) is 0 Å². The molecule has 1 atom stereocenters. The quantitative estimate of drug-likeness (QED) is 0.762. The third kappa shape index (κ3) is 3.01. The van der Waals surface area contributed by atoms with Gasteiger partial charge in [-0.15, -0.1) is 0 Å². The van der Waals surface area contributed by atoms with Crippen LogP contribution < -0.4 is 10.6 Å². The Kier molecular flexibility index (Phi) is 4.43. The van der Waals surface area contributed by atoms with Crippen molar-refractivity contribution in [1.29, 1.82) is 0 Å². The van der Waals surface area contributed by atoms with Gasteiger partial charge in [0.15, 0.2) is 0 Å². The van der Waals surface area contributed by atoms with E-state index < -0.39 is 0 Å². The third-order valence-electron chi connectivity index (χ3n) is 2.27. The van der Waals surface area contributed by atoms with E-state index in [1.165, 1.54) is 5.69 Å². The van der Waals surface area contributed by atoms with Gasteiger partial charge in [0.05, 0.1) is 6.10 Å². The maximum Gasteiger partial charge on any atom is 0.0867 e. The highest BCUT2D eigenvalue weighted by Gasteiger charge is 2.08. The molecule has 1 rings (SSSR count). The number of benzene rings is 1. The molecule has 0 spiro atoms. The van der Waals surface area contributed by atoms with E-state index in [9.17, 15) is 0 Å². The molecule has 78 valence electrons. The summed E-state index contributed by atoms with van der Waals surface area (Å²) in [4.78, 5) is 2.14. The highest BCUT2D eigenvalue weighted by atomic mass is 16.5. The summed E-state index contributed by atoms with van der Waals surface area (Å²) in [5.41, 5.74) is 6.74. The molecule has 2 N–H and O–H groups in total. The van der Waals surface area contributed by atoms with Gasteiger partial charge in [0.2, 0.25) is 0 Å². The second-order valence-electron chi connectivity index (χ2n) is 3.31. The lowest BCUT2D eigenvalue weighted by atomic mass is 10.2. The Balaban J connectivity index is 2.54. The molecule has 0 aliphatic heterocycles. The molecule has 3 nitrogen and oxygen atoms in total. The topological polar surface area (TPSA) is 38.5 Å². The first-order valence-corrected chi connectivity index (χ1v) is 4.77. The van der Waals surface area contributed by atoms with Crippen LogP contribution in [0.5, 0.6) is 0 Å². The second-order valence-corrected chi connectivity index (χ2v) is 3.31. The van der Waals surface area contributed by atoms with Gasteiger partial charge in [-0.25, -0.2) is 0 Å². The van der Waals surface area contributed by atoms with Crippen molar-refractivity contribution < 1.29 is 4.74 Å². The number of para-hydroxylation sites is 1. The molecule has 1 aromatic carbocycles. The number of methoxy groups -OCH3 is 1. The maximum atomic E-state index is 5.56. The smallest absolute Gasteiger partial charge is 0.0867 e. The zero-order chi connectivity index (χ0) is 10.4. The zero-order valence-corrected chi connectivity index (χ0v) is 8.81. The monoisotopic (exact) mass is 194 g/mol. The number of nitrogens with two attached hydrogens (primary N) is 1. The summed E-state index contributed by atoms with van der Waals surface area (Å²) >= 11 is 0. The Bertz CT molecular complexity index is 247. The number of hydrogen-bond donors (Lipinski definition) is 1. The number of likely N-dealkylation sites (N-methyl/N-ethyl adjacent to an activating group) is 1. The minimum Gasteiger partial charge on any atom is -0.378 e. The molecular formula is C11H18N2O. The fraction of sp³-hybridized carbons (Fsp3) is 0.455. The Labute approximate surface area is 85.5 Å². The number of hydrogen-bond acceptors (Lipinski definition) is 3. The molecule has 3 heteroatoms. The average Bonchev–Trinajstić information content (AvgIpc) is 2.26. The lowest BCUT2D eigenvalue weighted by Gasteiger charge is -2.23. The summed E-state index contributed by atoms with van der Waals surface area (Å²) in [5.74, 6) is 0. The highest BCUT2D eigenvalue weighted by molar-refractivity contribution is 5.45. The van der Waals surface area contributed by atoms with Crippen LogP contribution in [-0.4, -0.2) is 33.4 Å². The van der Waals surface area contributed by atoms with Crippen LogP contribution in [-0.2, 0) is 4.74 Å². The van der Waals surface area contributed by atoms with Crippen LogP contribution in [0.4, 0.5) is 5.69 Å². The van der Waals surface area contributed by atoms with E-state index in [0.717, 1.165) is 6.54 Å². The normalized spacial score (nSPS) is 12.5. The van der Waals surface area contributed by atoms with E-state index in [2.05, 4.69) is 17.0 Å². The zero-order valence-electron chi connectivity index (χ0n) is 8.81. The molecule has 0 amide bonds. The number of nitrogens with zero attached hydrogens (tertiary/aromatic N) is 1. The third-order valence-corrected chi connectivity index (χ3v) is 2.27. The highest BCUT2D eigenvalue weighted by Crippen LogP contribution is 2.11. The summed E-state index contributed by atoms with van der Waals surface area (Å²) in [6.07, 6.45) is 0.0974. The SMILES string of the molecule is COC(CN)CN(C)c1ccccc1. The molecule has 0 heterocycles. The van der Waals surface area contributed by atoms with Gasteiger partial charge < -0.3 is 15.4 Å². The molecule has 1 aromatic rings. The molecule has 0 aliphatic carbocycles.